The van der Waals surface area contributed by atoms with Gasteiger partial charge in [0.2, 0.25) is 10.0 Å². The molecule has 0 aliphatic carbocycles. The van der Waals surface area contributed by atoms with Gasteiger partial charge < -0.3 is 5.32 Å². The fourth-order valence-corrected chi connectivity index (χ4v) is 4.76. The molecule has 170 valence electrons. The van der Waals surface area contributed by atoms with Crippen LogP contribution >= 0.6 is 23.2 Å². The number of sulfonamides is 1. The molecule has 0 aliphatic heterocycles. The molecule has 2 heterocycles. The number of hydrogen-bond donors (Lipinski definition) is 2. The molecular weight excluding hydrogens is 488 g/mol. The predicted octanol–water partition coefficient (Wildman–Crippen LogP) is 4.80. The van der Waals surface area contributed by atoms with Crippen molar-refractivity contribution in [3.8, 4) is 5.69 Å². The zero-order chi connectivity index (χ0) is 23.4. The van der Waals surface area contributed by atoms with Crippen molar-refractivity contribution in [2.75, 3.05) is 5.32 Å². The number of hydrogen-bond acceptors (Lipinski definition) is 5. The van der Waals surface area contributed by atoms with Crippen molar-refractivity contribution >= 4 is 38.9 Å². The van der Waals surface area contributed by atoms with Crippen LogP contribution in [0.2, 0.25) is 10.2 Å². The van der Waals surface area contributed by atoms with Crippen LogP contribution in [0.4, 0.5) is 10.1 Å². The van der Waals surface area contributed by atoms with Crippen LogP contribution in [0.1, 0.15) is 11.3 Å². The van der Waals surface area contributed by atoms with E-state index in [0.717, 1.165) is 5.56 Å². The lowest BCUT2D eigenvalue weighted by Gasteiger charge is -2.11. The van der Waals surface area contributed by atoms with E-state index in [2.05, 4.69) is 20.1 Å². The normalized spacial score (nSPS) is 11.5. The largest absolute Gasteiger partial charge is 0.381 e. The van der Waals surface area contributed by atoms with Crippen LogP contribution in [0.5, 0.6) is 0 Å². The summed E-state index contributed by atoms with van der Waals surface area (Å²) in [4.78, 5) is 3.89. The molecule has 0 aliphatic rings. The van der Waals surface area contributed by atoms with Gasteiger partial charge in [0.1, 0.15) is 15.9 Å². The smallest absolute Gasteiger partial charge is 0.242 e. The average Bonchev–Trinajstić information content (AvgIpc) is 3.26. The summed E-state index contributed by atoms with van der Waals surface area (Å²) in [6.07, 6.45) is 3.27. The quantitative estimate of drug-likeness (QED) is 0.335. The van der Waals surface area contributed by atoms with E-state index in [1.165, 1.54) is 22.9 Å². The lowest BCUT2D eigenvalue weighted by Crippen LogP contribution is -2.24. The third kappa shape index (κ3) is 5.88. The van der Waals surface area contributed by atoms with Gasteiger partial charge in [0, 0.05) is 24.6 Å². The van der Waals surface area contributed by atoms with E-state index in [-0.39, 0.29) is 22.3 Å². The highest BCUT2D eigenvalue weighted by molar-refractivity contribution is 7.89. The molecule has 0 unspecified atom stereocenters. The number of halogens is 3. The molecule has 0 radical (unpaired) electrons. The molecule has 2 N–H and O–H groups in total. The standard InChI is InChI=1S/C22H18Cl2FN5O2S/c23-20-12-17(27-13-15-7-9-26-22(24)11-15)3-6-21(20)33(31,32)28-14-18-8-10-30(29-18)19-4-1-16(25)2-5-19/h1-12,27-28H,13-14H2. The van der Waals surface area contributed by atoms with Gasteiger partial charge in [-0.3, -0.25) is 0 Å². The van der Waals surface area contributed by atoms with Gasteiger partial charge in [0.25, 0.3) is 0 Å². The van der Waals surface area contributed by atoms with E-state index in [0.29, 0.717) is 28.8 Å². The summed E-state index contributed by atoms with van der Waals surface area (Å²) in [5, 5.41) is 7.95. The minimum atomic E-state index is -3.87. The third-order valence-electron chi connectivity index (χ3n) is 4.69. The summed E-state index contributed by atoms with van der Waals surface area (Å²) in [5.41, 5.74) is 2.73. The summed E-state index contributed by atoms with van der Waals surface area (Å²) in [6, 6.07) is 15.6. The zero-order valence-electron chi connectivity index (χ0n) is 17.0. The Labute approximate surface area is 200 Å². The Morgan fingerprint density at radius 2 is 1.76 bits per heavy atom. The van der Waals surface area contributed by atoms with E-state index in [1.807, 2.05) is 6.07 Å². The van der Waals surface area contributed by atoms with Crippen LogP contribution in [0.3, 0.4) is 0 Å². The van der Waals surface area contributed by atoms with Crippen molar-refractivity contribution in [3.05, 3.63) is 100 Å². The van der Waals surface area contributed by atoms with Gasteiger partial charge in [0.15, 0.2) is 0 Å². The van der Waals surface area contributed by atoms with Gasteiger partial charge in [0.05, 0.1) is 22.9 Å². The Kier molecular flexibility index (Phi) is 6.94. The van der Waals surface area contributed by atoms with Crippen molar-refractivity contribution in [3.63, 3.8) is 0 Å². The van der Waals surface area contributed by atoms with Crippen molar-refractivity contribution in [2.45, 2.75) is 18.0 Å². The first-order valence-corrected chi connectivity index (χ1v) is 12.0. The van der Waals surface area contributed by atoms with Crippen molar-refractivity contribution in [2.24, 2.45) is 0 Å². The molecule has 4 aromatic rings. The molecule has 0 saturated heterocycles. The molecule has 0 fully saturated rings. The van der Waals surface area contributed by atoms with Gasteiger partial charge >= 0.3 is 0 Å². The molecule has 4 rings (SSSR count). The monoisotopic (exact) mass is 505 g/mol. The molecule has 7 nitrogen and oxygen atoms in total. The number of aromatic nitrogens is 3. The van der Waals surface area contributed by atoms with Crippen molar-refractivity contribution in [1.82, 2.24) is 19.5 Å². The summed E-state index contributed by atoms with van der Waals surface area (Å²) < 4.78 is 42.6. The highest BCUT2D eigenvalue weighted by Crippen LogP contribution is 2.25. The van der Waals surface area contributed by atoms with E-state index in [9.17, 15) is 12.8 Å². The second kappa shape index (κ2) is 9.88. The first-order chi connectivity index (χ1) is 15.8. The molecule has 2 aromatic carbocycles. The second-order valence-corrected chi connectivity index (χ2v) is 9.57. The van der Waals surface area contributed by atoms with Gasteiger partial charge in [-0.25, -0.2) is 27.2 Å². The molecule has 0 spiro atoms. The van der Waals surface area contributed by atoms with Crippen LogP contribution in [0.25, 0.3) is 5.69 Å². The van der Waals surface area contributed by atoms with Gasteiger partial charge in [-0.05, 0) is 66.2 Å². The number of benzene rings is 2. The Morgan fingerprint density at radius 1 is 0.970 bits per heavy atom. The maximum Gasteiger partial charge on any atom is 0.242 e. The first kappa shape index (κ1) is 23.2. The number of rotatable bonds is 8. The van der Waals surface area contributed by atoms with Gasteiger partial charge in [-0.2, -0.15) is 5.10 Å². The Hall–Kier alpha value is -2.98. The minimum Gasteiger partial charge on any atom is -0.381 e. The highest BCUT2D eigenvalue weighted by Gasteiger charge is 2.18. The topological polar surface area (TPSA) is 88.9 Å². The Bertz CT molecular complexity index is 1380. The Morgan fingerprint density at radius 3 is 2.48 bits per heavy atom. The minimum absolute atomic E-state index is 0.0321. The van der Waals surface area contributed by atoms with Crippen LogP contribution in [0.15, 0.2) is 78.0 Å². The zero-order valence-corrected chi connectivity index (χ0v) is 19.4. The highest BCUT2D eigenvalue weighted by atomic mass is 35.5. The SMILES string of the molecule is O=S(=O)(NCc1ccn(-c2ccc(F)cc2)n1)c1ccc(NCc2ccnc(Cl)c2)cc1Cl. The fraction of sp³-hybridized carbons (Fsp3) is 0.0909. The molecule has 33 heavy (non-hydrogen) atoms. The molecule has 0 atom stereocenters. The number of nitrogens with one attached hydrogen (secondary N) is 2. The molecule has 0 saturated carbocycles. The summed E-state index contributed by atoms with van der Waals surface area (Å²) in [6.45, 7) is 0.440. The van der Waals surface area contributed by atoms with Gasteiger partial charge in [-0.1, -0.05) is 23.2 Å². The van der Waals surface area contributed by atoms with E-state index in [4.69, 9.17) is 23.2 Å². The maximum atomic E-state index is 13.1. The molecule has 0 amide bonds. The molecular formula is C22H18Cl2FN5O2S. The first-order valence-electron chi connectivity index (χ1n) is 9.74. The molecule has 0 bridgehead atoms. The third-order valence-corrected chi connectivity index (χ3v) is 6.78. The van der Waals surface area contributed by atoms with Gasteiger partial charge in [-0.15, -0.1) is 0 Å². The van der Waals surface area contributed by atoms with E-state index >= 15 is 0 Å². The van der Waals surface area contributed by atoms with Crippen LogP contribution in [-0.2, 0) is 23.1 Å². The number of pyridine rings is 1. The molecule has 2 aromatic heterocycles. The predicted molar refractivity (Wildman–Crippen MR) is 126 cm³/mol. The second-order valence-electron chi connectivity index (χ2n) is 7.04. The average molecular weight is 506 g/mol. The van der Waals surface area contributed by atoms with E-state index < -0.39 is 10.0 Å². The maximum absolute atomic E-state index is 13.1. The lowest BCUT2D eigenvalue weighted by molar-refractivity contribution is 0.580. The number of anilines is 1. The van der Waals surface area contributed by atoms with E-state index in [1.54, 1.807) is 48.8 Å². The number of nitrogens with zero attached hydrogens (tertiary/aromatic N) is 3. The van der Waals surface area contributed by atoms with Crippen molar-refractivity contribution in [1.29, 1.82) is 0 Å². The molecule has 11 heteroatoms. The van der Waals surface area contributed by atoms with Crippen LogP contribution in [-0.4, -0.2) is 23.2 Å². The summed E-state index contributed by atoms with van der Waals surface area (Å²) in [5.74, 6) is -0.348. The van der Waals surface area contributed by atoms with Crippen LogP contribution in [0, 0.1) is 5.82 Å². The summed E-state index contributed by atoms with van der Waals surface area (Å²) >= 11 is 12.1. The summed E-state index contributed by atoms with van der Waals surface area (Å²) in [7, 11) is -3.87. The fourth-order valence-electron chi connectivity index (χ4n) is 3.03. The lowest BCUT2D eigenvalue weighted by atomic mass is 10.2. The Balaban J connectivity index is 1.40. The van der Waals surface area contributed by atoms with Crippen molar-refractivity contribution < 1.29 is 12.8 Å². The van der Waals surface area contributed by atoms with Crippen LogP contribution < -0.4 is 10.0 Å².